The van der Waals surface area contributed by atoms with E-state index in [9.17, 15) is 0 Å². The van der Waals surface area contributed by atoms with Crippen molar-refractivity contribution in [2.45, 2.75) is 78.0 Å². The van der Waals surface area contributed by atoms with Gasteiger partial charge in [0, 0.05) is 19.5 Å². The molecule has 5 nitrogen and oxygen atoms in total. The van der Waals surface area contributed by atoms with Gasteiger partial charge in [0.25, 0.3) is 0 Å². The molecule has 0 radical (unpaired) electrons. The zero-order chi connectivity index (χ0) is 16.2. The van der Waals surface area contributed by atoms with E-state index in [1.54, 1.807) is 0 Å². The smallest absolute Gasteiger partial charge is 0.226 e. The van der Waals surface area contributed by atoms with Gasteiger partial charge in [-0.25, -0.2) is 0 Å². The molecule has 130 valence electrons. The molecule has 1 aliphatic heterocycles. The molecule has 1 saturated heterocycles. The second-order valence-corrected chi connectivity index (χ2v) is 7.67. The van der Waals surface area contributed by atoms with Crippen LogP contribution in [0.2, 0.25) is 0 Å². The predicted octanol–water partition coefficient (Wildman–Crippen LogP) is 3.44. The summed E-state index contributed by atoms with van der Waals surface area (Å²) in [7, 11) is 0. The SMILES string of the molecule is CCCC[C@@H]1CN(Cc2noc(CC(C)C)n2)C[C@H](C2CC2)O1. The topological polar surface area (TPSA) is 51.4 Å². The van der Waals surface area contributed by atoms with Crippen molar-refractivity contribution in [2.75, 3.05) is 13.1 Å². The molecule has 0 bridgehead atoms. The number of hydrogen-bond donors (Lipinski definition) is 0. The number of ether oxygens (including phenoxy) is 1. The lowest BCUT2D eigenvalue weighted by atomic mass is 10.1. The van der Waals surface area contributed by atoms with Crippen LogP contribution in [0.15, 0.2) is 4.52 Å². The third kappa shape index (κ3) is 5.01. The van der Waals surface area contributed by atoms with Crippen molar-refractivity contribution in [3.05, 3.63) is 11.7 Å². The highest BCUT2D eigenvalue weighted by Gasteiger charge is 2.38. The lowest BCUT2D eigenvalue weighted by Crippen LogP contribution is -2.48. The number of aromatic nitrogens is 2. The fraction of sp³-hybridized carbons (Fsp3) is 0.889. The van der Waals surface area contributed by atoms with Crippen LogP contribution in [0.25, 0.3) is 0 Å². The van der Waals surface area contributed by atoms with E-state index in [0.29, 0.717) is 18.1 Å². The molecule has 0 N–H and O–H groups in total. The number of hydrogen-bond acceptors (Lipinski definition) is 5. The van der Waals surface area contributed by atoms with Crippen molar-refractivity contribution < 1.29 is 9.26 Å². The molecule has 0 aromatic carbocycles. The van der Waals surface area contributed by atoms with Gasteiger partial charge in [-0.2, -0.15) is 4.98 Å². The minimum absolute atomic E-state index is 0.372. The second kappa shape index (κ2) is 7.75. The van der Waals surface area contributed by atoms with Gasteiger partial charge in [-0.05, 0) is 31.1 Å². The number of morpholine rings is 1. The zero-order valence-corrected chi connectivity index (χ0v) is 14.8. The number of unbranched alkanes of at least 4 members (excludes halogenated alkanes) is 1. The molecule has 23 heavy (non-hydrogen) atoms. The molecule has 1 saturated carbocycles. The Balaban J connectivity index is 1.57. The monoisotopic (exact) mass is 321 g/mol. The summed E-state index contributed by atoms with van der Waals surface area (Å²) >= 11 is 0. The first-order valence-electron chi connectivity index (χ1n) is 9.33. The van der Waals surface area contributed by atoms with Crippen LogP contribution >= 0.6 is 0 Å². The Morgan fingerprint density at radius 3 is 2.78 bits per heavy atom. The highest BCUT2D eigenvalue weighted by molar-refractivity contribution is 4.92. The summed E-state index contributed by atoms with van der Waals surface area (Å²) < 4.78 is 11.7. The van der Waals surface area contributed by atoms with Gasteiger partial charge >= 0.3 is 0 Å². The summed E-state index contributed by atoms with van der Waals surface area (Å²) in [5.41, 5.74) is 0. The average molecular weight is 321 g/mol. The fourth-order valence-corrected chi connectivity index (χ4v) is 3.39. The van der Waals surface area contributed by atoms with E-state index < -0.39 is 0 Å². The molecule has 1 aromatic rings. The van der Waals surface area contributed by atoms with Crippen molar-refractivity contribution in [2.24, 2.45) is 11.8 Å². The maximum absolute atomic E-state index is 6.33. The van der Waals surface area contributed by atoms with E-state index in [2.05, 4.69) is 35.8 Å². The van der Waals surface area contributed by atoms with Gasteiger partial charge in [-0.1, -0.05) is 38.8 Å². The molecule has 2 aliphatic rings. The first-order valence-corrected chi connectivity index (χ1v) is 9.33. The molecule has 2 fully saturated rings. The van der Waals surface area contributed by atoms with Crippen molar-refractivity contribution in [1.82, 2.24) is 15.0 Å². The minimum atomic E-state index is 0.372. The number of rotatable bonds is 8. The predicted molar refractivity (Wildman–Crippen MR) is 89.0 cm³/mol. The Morgan fingerprint density at radius 2 is 2.09 bits per heavy atom. The summed E-state index contributed by atoms with van der Waals surface area (Å²) in [6.07, 6.45) is 7.96. The van der Waals surface area contributed by atoms with E-state index in [4.69, 9.17) is 9.26 Å². The Labute approximate surface area is 139 Å². The molecule has 5 heteroatoms. The minimum Gasteiger partial charge on any atom is -0.372 e. The van der Waals surface area contributed by atoms with Crippen LogP contribution in [0.3, 0.4) is 0 Å². The summed E-state index contributed by atoms with van der Waals surface area (Å²) in [5.74, 6) is 2.92. The molecular weight excluding hydrogens is 290 g/mol. The molecule has 1 aliphatic carbocycles. The summed E-state index contributed by atoms with van der Waals surface area (Å²) in [5, 5.41) is 4.17. The van der Waals surface area contributed by atoms with Crippen LogP contribution in [-0.2, 0) is 17.7 Å². The van der Waals surface area contributed by atoms with Gasteiger partial charge < -0.3 is 9.26 Å². The first kappa shape index (κ1) is 16.9. The van der Waals surface area contributed by atoms with Crippen molar-refractivity contribution in [3.63, 3.8) is 0 Å². The van der Waals surface area contributed by atoms with Gasteiger partial charge in [-0.3, -0.25) is 4.90 Å². The quantitative estimate of drug-likeness (QED) is 0.734. The average Bonchev–Trinajstić information content (AvgIpc) is 3.27. The highest BCUT2D eigenvalue weighted by atomic mass is 16.5. The van der Waals surface area contributed by atoms with Crippen LogP contribution in [0.5, 0.6) is 0 Å². The normalized spacial score (nSPS) is 26.1. The Kier molecular flexibility index (Phi) is 5.70. The van der Waals surface area contributed by atoms with Gasteiger partial charge in [0.1, 0.15) is 0 Å². The molecular formula is C18H31N3O2. The summed E-state index contributed by atoms with van der Waals surface area (Å²) in [6, 6.07) is 0. The van der Waals surface area contributed by atoms with Crippen LogP contribution < -0.4 is 0 Å². The van der Waals surface area contributed by atoms with E-state index in [1.807, 2.05) is 0 Å². The van der Waals surface area contributed by atoms with Gasteiger partial charge in [0.15, 0.2) is 5.82 Å². The van der Waals surface area contributed by atoms with E-state index >= 15 is 0 Å². The van der Waals surface area contributed by atoms with Crippen molar-refractivity contribution in [1.29, 1.82) is 0 Å². The summed E-state index contributed by atoms with van der Waals surface area (Å²) in [6.45, 7) is 9.39. The van der Waals surface area contributed by atoms with Gasteiger partial charge in [-0.15, -0.1) is 0 Å². The second-order valence-electron chi connectivity index (χ2n) is 7.67. The van der Waals surface area contributed by atoms with Crippen LogP contribution in [-0.4, -0.2) is 40.3 Å². The van der Waals surface area contributed by atoms with Gasteiger partial charge in [0.05, 0.1) is 18.8 Å². The fourth-order valence-electron chi connectivity index (χ4n) is 3.39. The van der Waals surface area contributed by atoms with Crippen LogP contribution in [0, 0.1) is 11.8 Å². The molecule has 0 spiro atoms. The molecule has 0 amide bonds. The largest absolute Gasteiger partial charge is 0.372 e. The van der Waals surface area contributed by atoms with Crippen molar-refractivity contribution >= 4 is 0 Å². The lowest BCUT2D eigenvalue weighted by Gasteiger charge is -2.38. The lowest BCUT2D eigenvalue weighted by molar-refractivity contribution is -0.0999. The molecule has 3 rings (SSSR count). The van der Waals surface area contributed by atoms with E-state index in [0.717, 1.165) is 43.7 Å². The molecule has 0 unspecified atom stereocenters. The third-order valence-corrected chi connectivity index (χ3v) is 4.75. The van der Waals surface area contributed by atoms with Gasteiger partial charge in [0.2, 0.25) is 5.89 Å². The Bertz CT molecular complexity index is 484. The molecule has 2 heterocycles. The first-order chi connectivity index (χ1) is 11.1. The number of nitrogens with zero attached hydrogens (tertiary/aromatic N) is 3. The Morgan fingerprint density at radius 1 is 1.26 bits per heavy atom. The van der Waals surface area contributed by atoms with E-state index in [1.165, 1.54) is 32.1 Å². The van der Waals surface area contributed by atoms with Crippen molar-refractivity contribution in [3.8, 4) is 0 Å². The molecule has 2 atom stereocenters. The third-order valence-electron chi connectivity index (χ3n) is 4.75. The van der Waals surface area contributed by atoms with E-state index in [-0.39, 0.29) is 0 Å². The maximum Gasteiger partial charge on any atom is 0.226 e. The summed E-state index contributed by atoms with van der Waals surface area (Å²) in [4.78, 5) is 7.03. The van der Waals surface area contributed by atoms with Crippen LogP contribution in [0.4, 0.5) is 0 Å². The Hall–Kier alpha value is -0.940. The zero-order valence-electron chi connectivity index (χ0n) is 14.8. The maximum atomic E-state index is 6.33. The van der Waals surface area contributed by atoms with Crippen LogP contribution in [0.1, 0.15) is 64.6 Å². The highest BCUT2D eigenvalue weighted by Crippen LogP contribution is 2.37. The standard InChI is InChI=1S/C18H31N3O2/c1-4-5-6-15-10-21(11-16(22-15)14-7-8-14)12-17-19-18(23-20-17)9-13(2)3/h13-16H,4-12H2,1-3H3/t15-,16-/m1/s1. The molecule has 1 aromatic heterocycles.